The molecule has 1 aromatic heterocycles. The predicted molar refractivity (Wildman–Crippen MR) is 64.2 cm³/mol. The van der Waals surface area contributed by atoms with Gasteiger partial charge < -0.3 is 15.5 Å². The Bertz CT molecular complexity index is 400. The van der Waals surface area contributed by atoms with Crippen LogP contribution in [0.2, 0.25) is 0 Å². The van der Waals surface area contributed by atoms with Gasteiger partial charge in [-0.15, -0.1) is 0 Å². The molecule has 0 bridgehead atoms. The van der Waals surface area contributed by atoms with Gasteiger partial charge in [-0.3, -0.25) is 9.78 Å². The second kappa shape index (κ2) is 6.65. The summed E-state index contributed by atoms with van der Waals surface area (Å²) in [6.07, 6.45) is 6.41. The minimum absolute atomic E-state index is 0.0503. The lowest BCUT2D eigenvalue weighted by Crippen LogP contribution is -2.35. The molecule has 0 saturated carbocycles. The molecule has 17 heavy (non-hydrogen) atoms. The number of pyridine rings is 1. The minimum atomic E-state index is -0.283. The highest BCUT2D eigenvalue weighted by Crippen LogP contribution is 2.09. The summed E-state index contributed by atoms with van der Waals surface area (Å²) in [5.41, 5.74) is 0.636. The van der Waals surface area contributed by atoms with Crippen molar-refractivity contribution in [3.8, 4) is 5.75 Å². The van der Waals surface area contributed by atoms with Gasteiger partial charge in [-0.2, -0.15) is 0 Å². The highest BCUT2D eigenvalue weighted by atomic mass is 16.3. The fourth-order valence-corrected chi connectivity index (χ4v) is 1.23. The number of aliphatic hydroxyl groups is 1. The molecule has 5 heteroatoms. The van der Waals surface area contributed by atoms with Gasteiger partial charge in [0.05, 0.1) is 18.8 Å². The fraction of sp³-hybridized carbons (Fsp3) is 0.333. The highest BCUT2D eigenvalue weighted by molar-refractivity contribution is 5.91. The third-order valence-electron chi connectivity index (χ3n) is 2.23. The zero-order valence-electron chi connectivity index (χ0n) is 9.63. The molecule has 3 N–H and O–H groups in total. The van der Waals surface area contributed by atoms with E-state index in [1.807, 2.05) is 6.92 Å². The summed E-state index contributed by atoms with van der Waals surface area (Å²) in [5.74, 6) is -0.233. The van der Waals surface area contributed by atoms with E-state index in [1.165, 1.54) is 24.5 Å². The standard InChI is InChI=1S/C12H16N2O3/c1-2-10(8-15)14-12(17)4-3-9-5-11(16)7-13-6-9/h3-7,10,15-16H,2,8H2,1H3,(H,14,17)/b4-3+. The first-order valence-corrected chi connectivity index (χ1v) is 5.39. The van der Waals surface area contributed by atoms with Crippen molar-refractivity contribution in [1.82, 2.24) is 10.3 Å². The molecule has 1 amide bonds. The second-order valence-electron chi connectivity index (χ2n) is 3.61. The Morgan fingerprint density at radius 1 is 1.59 bits per heavy atom. The summed E-state index contributed by atoms with van der Waals surface area (Å²) >= 11 is 0. The van der Waals surface area contributed by atoms with Crippen molar-refractivity contribution in [2.24, 2.45) is 0 Å². The molecular formula is C12H16N2O3. The van der Waals surface area contributed by atoms with Crippen LogP contribution in [0.5, 0.6) is 5.75 Å². The number of amides is 1. The zero-order chi connectivity index (χ0) is 12.7. The Kier molecular flexibility index (Phi) is 5.16. The molecule has 0 fully saturated rings. The molecule has 0 aliphatic heterocycles. The van der Waals surface area contributed by atoms with Gasteiger partial charge in [0.25, 0.3) is 0 Å². The van der Waals surface area contributed by atoms with Crippen LogP contribution in [0.3, 0.4) is 0 Å². The molecule has 1 unspecified atom stereocenters. The zero-order valence-corrected chi connectivity index (χ0v) is 9.63. The molecular weight excluding hydrogens is 220 g/mol. The highest BCUT2D eigenvalue weighted by Gasteiger charge is 2.05. The lowest BCUT2D eigenvalue weighted by atomic mass is 10.2. The summed E-state index contributed by atoms with van der Waals surface area (Å²) in [7, 11) is 0. The van der Waals surface area contributed by atoms with Crippen LogP contribution in [0.25, 0.3) is 6.08 Å². The average molecular weight is 236 g/mol. The number of aromatic nitrogens is 1. The van der Waals surface area contributed by atoms with Crippen LogP contribution in [0.15, 0.2) is 24.5 Å². The number of nitrogens with one attached hydrogen (secondary N) is 1. The monoisotopic (exact) mass is 236 g/mol. The number of rotatable bonds is 5. The Balaban J connectivity index is 2.56. The van der Waals surface area contributed by atoms with Crippen LogP contribution < -0.4 is 5.32 Å². The Morgan fingerprint density at radius 3 is 2.94 bits per heavy atom. The normalized spacial score (nSPS) is 12.6. The van der Waals surface area contributed by atoms with E-state index in [0.717, 1.165) is 0 Å². The third kappa shape index (κ3) is 4.65. The minimum Gasteiger partial charge on any atom is -0.506 e. The molecule has 0 spiro atoms. The lowest BCUT2D eigenvalue weighted by Gasteiger charge is -2.11. The summed E-state index contributed by atoms with van der Waals surface area (Å²) < 4.78 is 0. The van der Waals surface area contributed by atoms with Gasteiger partial charge >= 0.3 is 0 Å². The molecule has 92 valence electrons. The van der Waals surface area contributed by atoms with Crippen molar-refractivity contribution in [2.45, 2.75) is 19.4 Å². The van der Waals surface area contributed by atoms with Gasteiger partial charge in [-0.25, -0.2) is 0 Å². The Labute approximate surface area is 99.8 Å². The third-order valence-corrected chi connectivity index (χ3v) is 2.23. The molecule has 0 aliphatic rings. The molecule has 1 rings (SSSR count). The molecule has 1 aromatic rings. The number of nitrogens with zero attached hydrogens (tertiary/aromatic N) is 1. The maximum absolute atomic E-state index is 11.4. The van der Waals surface area contributed by atoms with Crippen molar-refractivity contribution in [1.29, 1.82) is 0 Å². The number of carbonyl (C=O) groups excluding carboxylic acids is 1. The summed E-state index contributed by atoms with van der Waals surface area (Å²) in [4.78, 5) is 15.2. The molecule has 0 radical (unpaired) electrons. The number of hydrogen-bond acceptors (Lipinski definition) is 4. The first-order chi connectivity index (χ1) is 8.15. The van der Waals surface area contributed by atoms with Gasteiger partial charge in [0.2, 0.25) is 5.91 Å². The molecule has 0 aliphatic carbocycles. The molecule has 5 nitrogen and oxygen atoms in total. The number of carbonyl (C=O) groups is 1. The van der Waals surface area contributed by atoms with E-state index >= 15 is 0 Å². The quantitative estimate of drug-likeness (QED) is 0.657. The number of hydrogen-bond donors (Lipinski definition) is 3. The molecule has 0 aromatic carbocycles. The van der Waals surface area contributed by atoms with Crippen molar-refractivity contribution in [3.63, 3.8) is 0 Å². The SMILES string of the molecule is CCC(CO)NC(=O)/C=C/c1cncc(O)c1. The molecule has 0 saturated heterocycles. The van der Waals surface area contributed by atoms with E-state index in [4.69, 9.17) is 10.2 Å². The van der Waals surface area contributed by atoms with Crippen LogP contribution >= 0.6 is 0 Å². The van der Waals surface area contributed by atoms with Crippen LogP contribution in [0.1, 0.15) is 18.9 Å². The van der Waals surface area contributed by atoms with Crippen LogP contribution in [0.4, 0.5) is 0 Å². The molecule has 1 atom stereocenters. The maximum atomic E-state index is 11.4. The summed E-state index contributed by atoms with van der Waals surface area (Å²) in [6.45, 7) is 1.80. The number of aromatic hydroxyl groups is 1. The fourth-order valence-electron chi connectivity index (χ4n) is 1.23. The van der Waals surface area contributed by atoms with Gasteiger partial charge in [0, 0.05) is 12.3 Å². The van der Waals surface area contributed by atoms with E-state index < -0.39 is 0 Å². The van der Waals surface area contributed by atoms with Crippen LogP contribution in [0, 0.1) is 0 Å². The number of aliphatic hydroxyl groups excluding tert-OH is 1. The van der Waals surface area contributed by atoms with Gasteiger partial charge in [-0.05, 0) is 24.1 Å². The van der Waals surface area contributed by atoms with Gasteiger partial charge in [-0.1, -0.05) is 6.92 Å². The van der Waals surface area contributed by atoms with E-state index in [1.54, 1.807) is 6.08 Å². The van der Waals surface area contributed by atoms with Crippen molar-refractivity contribution < 1.29 is 15.0 Å². The van der Waals surface area contributed by atoms with Crippen molar-refractivity contribution >= 4 is 12.0 Å². The van der Waals surface area contributed by atoms with Crippen LogP contribution in [-0.2, 0) is 4.79 Å². The Hall–Kier alpha value is -1.88. The second-order valence-corrected chi connectivity index (χ2v) is 3.61. The first kappa shape index (κ1) is 13.2. The molecule has 1 heterocycles. The van der Waals surface area contributed by atoms with Gasteiger partial charge in [0.1, 0.15) is 5.75 Å². The predicted octanol–water partition coefficient (Wildman–Crippen LogP) is 0.687. The van der Waals surface area contributed by atoms with Crippen LogP contribution in [-0.4, -0.2) is 33.8 Å². The van der Waals surface area contributed by atoms with E-state index in [2.05, 4.69) is 10.3 Å². The average Bonchev–Trinajstić information content (AvgIpc) is 2.33. The smallest absolute Gasteiger partial charge is 0.244 e. The van der Waals surface area contributed by atoms with Crippen molar-refractivity contribution in [2.75, 3.05) is 6.61 Å². The maximum Gasteiger partial charge on any atom is 0.244 e. The lowest BCUT2D eigenvalue weighted by molar-refractivity contribution is -0.117. The largest absolute Gasteiger partial charge is 0.506 e. The first-order valence-electron chi connectivity index (χ1n) is 5.39. The van der Waals surface area contributed by atoms with E-state index in [9.17, 15) is 4.79 Å². The summed E-state index contributed by atoms with van der Waals surface area (Å²) in [5, 5.41) is 20.7. The Morgan fingerprint density at radius 2 is 2.35 bits per heavy atom. The van der Waals surface area contributed by atoms with E-state index in [0.29, 0.717) is 12.0 Å². The summed E-state index contributed by atoms with van der Waals surface area (Å²) in [6, 6.07) is 1.27. The van der Waals surface area contributed by atoms with E-state index in [-0.39, 0.29) is 24.3 Å². The van der Waals surface area contributed by atoms with Gasteiger partial charge in [0.15, 0.2) is 0 Å². The topological polar surface area (TPSA) is 82.5 Å². The van der Waals surface area contributed by atoms with Crippen molar-refractivity contribution in [3.05, 3.63) is 30.1 Å².